The average molecular weight is 461 g/mol. The normalized spacial score (nSPS) is 17.1. The number of halogens is 2. The molecule has 4 rings (SSSR count). The summed E-state index contributed by atoms with van der Waals surface area (Å²) >= 11 is 0. The quantitative estimate of drug-likeness (QED) is 0.460. The van der Waals surface area contributed by atoms with Crippen LogP contribution in [0.2, 0.25) is 0 Å². The monoisotopic (exact) mass is 461 g/mol. The van der Waals surface area contributed by atoms with Crippen molar-refractivity contribution in [2.45, 2.75) is 25.9 Å². The lowest BCUT2D eigenvalue weighted by molar-refractivity contribution is 0.0981. The Hall–Kier alpha value is -3.45. The highest BCUT2D eigenvalue weighted by Gasteiger charge is 2.25. The van der Waals surface area contributed by atoms with Gasteiger partial charge < -0.3 is 25.0 Å². The number of nitrogens with zero attached hydrogens (tertiary/aromatic N) is 6. The molecule has 0 saturated carbocycles. The Morgan fingerprint density at radius 3 is 2.79 bits per heavy atom. The van der Waals surface area contributed by atoms with E-state index in [1.807, 2.05) is 18.7 Å². The number of ether oxygens (including phenoxy) is 2. The molecule has 1 aliphatic rings. The van der Waals surface area contributed by atoms with E-state index in [9.17, 15) is 8.78 Å². The maximum Gasteiger partial charge on any atom is 0.235 e. The number of hydrogen-bond acceptors (Lipinski definition) is 10. The number of hydrogen-bond donors (Lipinski definition) is 3. The summed E-state index contributed by atoms with van der Waals surface area (Å²) in [5.74, 6) is -0.201. The summed E-state index contributed by atoms with van der Waals surface area (Å²) in [6.45, 7) is 5.60. The van der Waals surface area contributed by atoms with E-state index in [0.717, 1.165) is 18.0 Å². The van der Waals surface area contributed by atoms with Crippen molar-refractivity contribution in [3.05, 3.63) is 41.4 Å². The molecule has 1 aliphatic heterocycles. The first-order valence-corrected chi connectivity index (χ1v) is 10.4. The lowest BCUT2D eigenvalue weighted by atomic mass is 10.2. The molecule has 0 aliphatic carbocycles. The van der Waals surface area contributed by atoms with Crippen molar-refractivity contribution in [1.82, 2.24) is 30.1 Å². The summed E-state index contributed by atoms with van der Waals surface area (Å²) in [6, 6.07) is 1.85. The number of nitrogens with one attached hydrogen (secondary N) is 3. The molecule has 0 aromatic carbocycles. The highest BCUT2D eigenvalue weighted by Crippen LogP contribution is 2.24. The molecular weight excluding hydrogens is 436 g/mol. The molecule has 3 aromatic heterocycles. The van der Waals surface area contributed by atoms with Gasteiger partial charge in [-0.2, -0.15) is 20.1 Å². The molecule has 13 heteroatoms. The zero-order valence-corrected chi connectivity index (χ0v) is 18.5. The third-order valence-corrected chi connectivity index (χ3v) is 5.00. The molecule has 3 N–H and O–H groups in total. The van der Waals surface area contributed by atoms with Gasteiger partial charge in [-0.15, -0.1) is 0 Å². The number of aryl methyl sites for hydroxylation is 1. The second-order valence-corrected chi connectivity index (χ2v) is 7.63. The summed E-state index contributed by atoms with van der Waals surface area (Å²) in [7, 11) is 1.47. The molecule has 2 atom stereocenters. The zero-order valence-electron chi connectivity index (χ0n) is 18.5. The second-order valence-electron chi connectivity index (χ2n) is 7.63. The Kier molecular flexibility index (Phi) is 6.89. The van der Waals surface area contributed by atoms with Gasteiger partial charge in [0.2, 0.25) is 17.8 Å². The highest BCUT2D eigenvalue weighted by atomic mass is 19.1. The largest absolute Gasteiger partial charge is 0.382 e. The van der Waals surface area contributed by atoms with Gasteiger partial charge in [-0.05, 0) is 13.8 Å². The van der Waals surface area contributed by atoms with Gasteiger partial charge in [0.25, 0.3) is 0 Å². The van der Waals surface area contributed by atoms with Crippen molar-refractivity contribution < 1.29 is 18.3 Å². The summed E-state index contributed by atoms with van der Waals surface area (Å²) in [5.41, 5.74) is 0.849. The number of H-pyrrole nitrogens is 1. The lowest BCUT2D eigenvalue weighted by Gasteiger charge is -2.33. The van der Waals surface area contributed by atoms with Crippen LogP contribution >= 0.6 is 0 Å². The first-order valence-electron chi connectivity index (χ1n) is 10.4. The Morgan fingerprint density at radius 2 is 2.09 bits per heavy atom. The number of aromatic nitrogens is 6. The van der Waals surface area contributed by atoms with Crippen molar-refractivity contribution >= 4 is 23.7 Å². The Morgan fingerprint density at radius 1 is 1.27 bits per heavy atom. The fraction of sp³-hybridized carbons (Fsp3) is 0.450. The van der Waals surface area contributed by atoms with E-state index in [0.29, 0.717) is 31.5 Å². The van der Waals surface area contributed by atoms with E-state index in [4.69, 9.17) is 9.47 Å². The Balaban J connectivity index is 1.68. The number of methoxy groups -OCH3 is 1. The molecule has 176 valence electrons. The van der Waals surface area contributed by atoms with E-state index in [2.05, 4.69) is 40.8 Å². The standard InChI is InChI=1S/C20H25F2N9O2/c1-11-6-16(30-29-11)25-19-26-18(27-20(28-19)31-4-5-33-9-12(31)2)24-15(10-32-3)17-14(22)7-13(21)8-23-17/h6-8,12,15H,4-5,9-10H2,1-3H3,(H3,24,25,26,27,28,29,30)/t12-,15+/m1/s1. The van der Waals surface area contributed by atoms with Crippen LogP contribution in [0.3, 0.4) is 0 Å². The molecule has 0 bridgehead atoms. The van der Waals surface area contributed by atoms with Gasteiger partial charge in [0, 0.05) is 31.5 Å². The molecule has 0 spiro atoms. The van der Waals surface area contributed by atoms with Gasteiger partial charge in [-0.25, -0.2) is 8.78 Å². The van der Waals surface area contributed by atoms with Crippen LogP contribution in [-0.4, -0.2) is 69.7 Å². The van der Waals surface area contributed by atoms with Gasteiger partial charge in [-0.1, -0.05) is 0 Å². The minimum Gasteiger partial charge on any atom is -0.382 e. The number of aromatic amines is 1. The van der Waals surface area contributed by atoms with E-state index in [1.165, 1.54) is 7.11 Å². The van der Waals surface area contributed by atoms with Gasteiger partial charge in [0.15, 0.2) is 5.82 Å². The fourth-order valence-corrected chi connectivity index (χ4v) is 3.43. The number of morpholine rings is 1. The second kappa shape index (κ2) is 10.0. The first kappa shape index (κ1) is 22.7. The van der Waals surface area contributed by atoms with Crippen molar-refractivity contribution in [2.75, 3.05) is 49.0 Å². The summed E-state index contributed by atoms with van der Waals surface area (Å²) in [5, 5.41) is 13.1. The molecule has 4 heterocycles. The molecule has 0 unspecified atom stereocenters. The van der Waals surface area contributed by atoms with Gasteiger partial charge >= 0.3 is 0 Å². The van der Waals surface area contributed by atoms with Crippen molar-refractivity contribution in [3.63, 3.8) is 0 Å². The molecule has 11 nitrogen and oxygen atoms in total. The molecule has 0 radical (unpaired) electrons. The van der Waals surface area contributed by atoms with E-state index >= 15 is 0 Å². The molecule has 33 heavy (non-hydrogen) atoms. The maximum atomic E-state index is 14.4. The number of rotatable bonds is 8. The first-order chi connectivity index (χ1) is 15.9. The molecular formula is C20H25F2N9O2. The molecule has 1 saturated heterocycles. The van der Waals surface area contributed by atoms with E-state index in [1.54, 1.807) is 6.07 Å². The van der Waals surface area contributed by atoms with Gasteiger partial charge in [-0.3, -0.25) is 10.1 Å². The van der Waals surface area contributed by atoms with Gasteiger partial charge in [0.1, 0.15) is 17.3 Å². The topological polar surface area (TPSA) is 126 Å². The van der Waals surface area contributed by atoms with Crippen molar-refractivity contribution in [1.29, 1.82) is 0 Å². The Labute approximate surface area is 189 Å². The van der Waals surface area contributed by atoms with Crippen molar-refractivity contribution in [3.8, 4) is 0 Å². The number of anilines is 4. The van der Waals surface area contributed by atoms with E-state index < -0.39 is 17.7 Å². The van der Waals surface area contributed by atoms with Crippen LogP contribution in [0.25, 0.3) is 0 Å². The predicted octanol–water partition coefficient (Wildman–Crippen LogP) is 2.34. The summed E-state index contributed by atoms with van der Waals surface area (Å²) in [6.07, 6.45) is 0.948. The zero-order chi connectivity index (χ0) is 23.4. The number of pyridine rings is 1. The molecule has 1 fully saturated rings. The minimum atomic E-state index is -0.800. The van der Waals surface area contributed by atoms with Crippen LogP contribution in [0.1, 0.15) is 24.4 Å². The van der Waals surface area contributed by atoms with Crippen molar-refractivity contribution in [2.24, 2.45) is 0 Å². The van der Waals surface area contributed by atoms with Crippen LogP contribution in [0, 0.1) is 18.6 Å². The molecule has 3 aromatic rings. The van der Waals surface area contributed by atoms with Crippen LogP contribution < -0.4 is 15.5 Å². The predicted molar refractivity (Wildman–Crippen MR) is 116 cm³/mol. The molecule has 0 amide bonds. The van der Waals surface area contributed by atoms with Crippen LogP contribution in [0.15, 0.2) is 18.3 Å². The third-order valence-electron chi connectivity index (χ3n) is 5.00. The SMILES string of the molecule is COC[C@H](Nc1nc(Nc2cc(C)[nH]n2)nc(N2CCOC[C@H]2C)n1)c1ncc(F)cc1F. The summed E-state index contributed by atoms with van der Waals surface area (Å²) < 4.78 is 38.5. The van der Waals surface area contributed by atoms with Crippen LogP contribution in [0.5, 0.6) is 0 Å². The maximum absolute atomic E-state index is 14.4. The highest BCUT2D eigenvalue weighted by molar-refractivity contribution is 5.53. The van der Waals surface area contributed by atoms with Crippen LogP contribution in [-0.2, 0) is 9.47 Å². The Bertz CT molecular complexity index is 1100. The summed E-state index contributed by atoms with van der Waals surface area (Å²) in [4.78, 5) is 19.4. The van der Waals surface area contributed by atoms with Gasteiger partial charge in [0.05, 0.1) is 38.1 Å². The van der Waals surface area contributed by atoms with Crippen LogP contribution in [0.4, 0.5) is 32.4 Å². The van der Waals surface area contributed by atoms with E-state index in [-0.39, 0.29) is 30.2 Å². The lowest BCUT2D eigenvalue weighted by Crippen LogP contribution is -2.44. The smallest absolute Gasteiger partial charge is 0.235 e. The fourth-order valence-electron chi connectivity index (χ4n) is 3.43. The average Bonchev–Trinajstić information content (AvgIpc) is 3.18. The minimum absolute atomic E-state index is 0.0163. The third kappa shape index (κ3) is 5.49.